The van der Waals surface area contributed by atoms with E-state index in [-0.39, 0.29) is 18.0 Å². The zero-order chi connectivity index (χ0) is 15.9. The molecule has 0 atom stereocenters. The number of halogens is 3. The Labute approximate surface area is 118 Å². The van der Waals surface area contributed by atoms with Gasteiger partial charge in [-0.15, -0.1) is 0 Å². The number of nitrogens with one attached hydrogen (secondary N) is 3. The lowest BCUT2D eigenvalue weighted by molar-refractivity contribution is -0.153. The molecule has 6 nitrogen and oxygen atoms in total. The number of imide groups is 1. The summed E-state index contributed by atoms with van der Waals surface area (Å²) >= 11 is 0. The maximum absolute atomic E-state index is 12.1. The summed E-state index contributed by atoms with van der Waals surface area (Å²) in [4.78, 5) is 22.3. The maximum Gasteiger partial charge on any atom is 0.422 e. The van der Waals surface area contributed by atoms with Gasteiger partial charge in [-0.3, -0.25) is 10.1 Å². The number of carbonyl (C=O) groups excluding carboxylic acids is 2. The van der Waals surface area contributed by atoms with Crippen molar-refractivity contribution < 1.29 is 27.5 Å². The summed E-state index contributed by atoms with van der Waals surface area (Å²) in [5.41, 5.74) is 0.216. The fraction of sp³-hybridized carbons (Fsp3) is 0.333. The summed E-state index contributed by atoms with van der Waals surface area (Å²) in [5, 5.41) is 6.79. The number of amides is 3. The van der Waals surface area contributed by atoms with Gasteiger partial charge in [0.1, 0.15) is 5.75 Å². The lowest BCUT2D eigenvalue weighted by atomic mass is 10.3. The average molecular weight is 305 g/mol. The topological polar surface area (TPSA) is 79.5 Å². The molecular weight excluding hydrogens is 291 g/mol. The van der Waals surface area contributed by atoms with Gasteiger partial charge in [-0.05, 0) is 12.1 Å². The molecule has 0 aliphatic carbocycles. The number of hydrogen-bond acceptors (Lipinski definition) is 4. The summed E-state index contributed by atoms with van der Waals surface area (Å²) in [6.07, 6.45) is -4.45. The second-order valence-electron chi connectivity index (χ2n) is 3.88. The molecule has 1 aromatic carbocycles. The van der Waals surface area contributed by atoms with Crippen LogP contribution in [0.2, 0.25) is 0 Å². The van der Waals surface area contributed by atoms with Gasteiger partial charge in [0.25, 0.3) is 0 Å². The Morgan fingerprint density at radius 2 is 1.90 bits per heavy atom. The number of ether oxygens (including phenoxy) is 1. The van der Waals surface area contributed by atoms with Gasteiger partial charge in [-0.1, -0.05) is 12.1 Å². The minimum absolute atomic E-state index is 0.0393. The number of para-hydroxylation sites is 2. The Kier molecular flexibility index (Phi) is 5.82. The van der Waals surface area contributed by atoms with Crippen LogP contribution in [0.15, 0.2) is 24.3 Å². The standard InChI is InChI=1S/C12H14F3N3O3/c1-16-11(20)18-10(19)6-17-8-4-2-3-5-9(8)21-7-12(13,14)15/h2-5,17H,6-7H2,1H3,(H2,16,18,19,20). The van der Waals surface area contributed by atoms with E-state index in [1.165, 1.54) is 25.2 Å². The van der Waals surface area contributed by atoms with E-state index in [0.717, 1.165) is 0 Å². The number of urea groups is 1. The lowest BCUT2D eigenvalue weighted by Gasteiger charge is -2.14. The monoisotopic (exact) mass is 305 g/mol. The molecule has 0 unspecified atom stereocenters. The first-order valence-electron chi connectivity index (χ1n) is 5.86. The van der Waals surface area contributed by atoms with E-state index < -0.39 is 24.7 Å². The van der Waals surface area contributed by atoms with Crippen molar-refractivity contribution in [2.24, 2.45) is 0 Å². The fourth-order valence-electron chi connectivity index (χ4n) is 1.31. The molecule has 0 saturated heterocycles. The zero-order valence-electron chi connectivity index (χ0n) is 11.1. The van der Waals surface area contributed by atoms with Crippen LogP contribution in [-0.4, -0.2) is 38.3 Å². The first-order chi connectivity index (χ1) is 9.81. The van der Waals surface area contributed by atoms with Crippen molar-refractivity contribution >= 4 is 17.6 Å². The van der Waals surface area contributed by atoms with Crippen molar-refractivity contribution in [3.05, 3.63) is 24.3 Å². The van der Waals surface area contributed by atoms with Crippen LogP contribution in [0, 0.1) is 0 Å². The van der Waals surface area contributed by atoms with E-state index in [1.54, 1.807) is 6.07 Å². The Hall–Kier alpha value is -2.45. The molecule has 0 aromatic heterocycles. The van der Waals surface area contributed by atoms with E-state index in [1.807, 2.05) is 5.32 Å². The third kappa shape index (κ3) is 6.50. The van der Waals surface area contributed by atoms with Crippen molar-refractivity contribution in [1.82, 2.24) is 10.6 Å². The zero-order valence-corrected chi connectivity index (χ0v) is 11.1. The second kappa shape index (κ2) is 7.36. The highest BCUT2D eigenvalue weighted by molar-refractivity contribution is 5.96. The van der Waals surface area contributed by atoms with Gasteiger partial charge in [0.15, 0.2) is 6.61 Å². The van der Waals surface area contributed by atoms with E-state index in [4.69, 9.17) is 0 Å². The van der Waals surface area contributed by atoms with Crippen molar-refractivity contribution in [1.29, 1.82) is 0 Å². The predicted octanol–water partition coefficient (Wildman–Crippen LogP) is 1.50. The van der Waals surface area contributed by atoms with Crippen molar-refractivity contribution in [2.75, 3.05) is 25.5 Å². The Balaban J connectivity index is 2.59. The summed E-state index contributed by atoms with van der Waals surface area (Å²) in [5.74, 6) is -0.678. The summed E-state index contributed by atoms with van der Waals surface area (Å²) in [7, 11) is 1.34. The third-order valence-electron chi connectivity index (χ3n) is 2.20. The van der Waals surface area contributed by atoms with Gasteiger partial charge in [0.05, 0.1) is 12.2 Å². The summed E-state index contributed by atoms with van der Waals surface area (Å²) < 4.78 is 41.0. The average Bonchev–Trinajstić information content (AvgIpc) is 2.42. The molecule has 3 N–H and O–H groups in total. The highest BCUT2D eigenvalue weighted by atomic mass is 19.4. The molecule has 21 heavy (non-hydrogen) atoms. The largest absolute Gasteiger partial charge is 0.482 e. The quantitative estimate of drug-likeness (QED) is 0.770. The van der Waals surface area contributed by atoms with Crippen LogP contribution < -0.4 is 20.7 Å². The molecule has 0 radical (unpaired) electrons. The Morgan fingerprint density at radius 1 is 1.24 bits per heavy atom. The molecule has 9 heteroatoms. The molecule has 3 amide bonds. The first-order valence-corrected chi connectivity index (χ1v) is 5.86. The molecular formula is C12H14F3N3O3. The van der Waals surface area contributed by atoms with Gasteiger partial charge in [-0.25, -0.2) is 4.79 Å². The molecule has 1 aromatic rings. The minimum atomic E-state index is -4.45. The third-order valence-corrected chi connectivity index (χ3v) is 2.20. The summed E-state index contributed by atoms with van der Waals surface area (Å²) in [6, 6.07) is 5.19. The van der Waals surface area contributed by atoms with Gasteiger partial charge in [-0.2, -0.15) is 13.2 Å². The van der Waals surface area contributed by atoms with E-state index in [9.17, 15) is 22.8 Å². The molecule has 116 valence electrons. The number of benzene rings is 1. The Bertz CT molecular complexity index is 506. The second-order valence-corrected chi connectivity index (χ2v) is 3.88. The Morgan fingerprint density at radius 3 is 2.52 bits per heavy atom. The molecule has 0 saturated carbocycles. The highest BCUT2D eigenvalue weighted by Crippen LogP contribution is 2.25. The van der Waals surface area contributed by atoms with E-state index in [2.05, 4.69) is 15.4 Å². The van der Waals surface area contributed by atoms with Gasteiger partial charge >= 0.3 is 12.2 Å². The van der Waals surface area contributed by atoms with Crippen LogP contribution in [0.3, 0.4) is 0 Å². The molecule has 0 fully saturated rings. The number of hydrogen-bond donors (Lipinski definition) is 3. The smallest absolute Gasteiger partial charge is 0.422 e. The molecule has 0 bridgehead atoms. The van der Waals surface area contributed by atoms with Crippen LogP contribution in [0.25, 0.3) is 0 Å². The number of rotatable bonds is 5. The lowest BCUT2D eigenvalue weighted by Crippen LogP contribution is -2.40. The van der Waals surface area contributed by atoms with Gasteiger partial charge in [0, 0.05) is 7.05 Å². The van der Waals surface area contributed by atoms with Crippen LogP contribution >= 0.6 is 0 Å². The minimum Gasteiger partial charge on any atom is -0.482 e. The molecule has 0 heterocycles. The van der Waals surface area contributed by atoms with Crippen LogP contribution in [0.1, 0.15) is 0 Å². The van der Waals surface area contributed by atoms with Crippen LogP contribution in [0.5, 0.6) is 5.75 Å². The fourth-order valence-corrected chi connectivity index (χ4v) is 1.31. The molecule has 1 rings (SSSR count). The van der Waals surface area contributed by atoms with Crippen LogP contribution in [-0.2, 0) is 4.79 Å². The predicted molar refractivity (Wildman–Crippen MR) is 69.1 cm³/mol. The first kappa shape index (κ1) is 16.6. The maximum atomic E-state index is 12.1. The number of anilines is 1. The number of alkyl halides is 3. The van der Waals surface area contributed by atoms with E-state index in [0.29, 0.717) is 0 Å². The van der Waals surface area contributed by atoms with Gasteiger partial charge in [0.2, 0.25) is 5.91 Å². The SMILES string of the molecule is CNC(=O)NC(=O)CNc1ccccc1OCC(F)(F)F. The molecule has 0 aliphatic heterocycles. The van der Waals surface area contributed by atoms with Gasteiger partial charge < -0.3 is 15.4 Å². The normalized spacial score (nSPS) is 10.7. The van der Waals surface area contributed by atoms with Crippen molar-refractivity contribution in [3.63, 3.8) is 0 Å². The molecule has 0 spiro atoms. The van der Waals surface area contributed by atoms with Crippen molar-refractivity contribution in [2.45, 2.75) is 6.18 Å². The molecule has 0 aliphatic rings. The van der Waals surface area contributed by atoms with Crippen LogP contribution in [0.4, 0.5) is 23.7 Å². The highest BCUT2D eigenvalue weighted by Gasteiger charge is 2.28. The van der Waals surface area contributed by atoms with Crippen molar-refractivity contribution in [3.8, 4) is 5.75 Å². The number of carbonyl (C=O) groups is 2. The summed E-state index contributed by atoms with van der Waals surface area (Å²) in [6.45, 7) is -1.73. The van der Waals surface area contributed by atoms with E-state index >= 15 is 0 Å².